The van der Waals surface area contributed by atoms with Crippen LogP contribution in [0.3, 0.4) is 0 Å². The molecule has 0 aromatic carbocycles. The number of nitrogens with zero attached hydrogens (tertiary/aromatic N) is 4. The van der Waals surface area contributed by atoms with Crippen LogP contribution in [0.25, 0.3) is 11.2 Å². The fraction of sp³-hybridized carbons (Fsp3) is 0.533. The van der Waals surface area contributed by atoms with Crippen molar-refractivity contribution in [2.75, 3.05) is 0 Å². The minimum absolute atomic E-state index is 0.254. The molecule has 0 saturated carbocycles. The van der Waals surface area contributed by atoms with E-state index in [2.05, 4.69) is 11.6 Å². The quantitative estimate of drug-likeness (QED) is 0.760. The molecule has 0 bridgehead atoms. The lowest BCUT2D eigenvalue weighted by Gasteiger charge is -2.10. The Hall–Kier alpha value is -2.11. The molecule has 2 aromatic heterocycles. The van der Waals surface area contributed by atoms with E-state index in [0.717, 1.165) is 18.7 Å². The van der Waals surface area contributed by atoms with Crippen molar-refractivity contribution in [3.05, 3.63) is 39.3 Å². The van der Waals surface area contributed by atoms with Gasteiger partial charge in [-0.25, -0.2) is 9.78 Å². The number of allylic oxidation sites excluding steroid dienone is 1. The Kier molecular flexibility index (Phi) is 4.45. The number of unbranched alkanes of at least 4 members (excludes halogenated alkanes) is 1. The standard InChI is InChI=1S/C15H22N4O2/c1-5-8-10-19-14(20)12-13(17(7-3)15(19)21)16-11(4)18(12)9-6-2/h6H,2,5,7-10H2,1,3-4H3. The van der Waals surface area contributed by atoms with Crippen LogP contribution in [-0.2, 0) is 19.6 Å². The van der Waals surface area contributed by atoms with Gasteiger partial charge in [0.25, 0.3) is 5.56 Å². The second-order valence-electron chi connectivity index (χ2n) is 5.07. The van der Waals surface area contributed by atoms with Crippen LogP contribution in [0.1, 0.15) is 32.5 Å². The third-order valence-electron chi connectivity index (χ3n) is 3.67. The SMILES string of the molecule is C=CCn1c(C)nc2c1c(=O)n(CCCC)c(=O)n2CC. The van der Waals surface area contributed by atoms with Crippen molar-refractivity contribution in [1.29, 1.82) is 0 Å². The van der Waals surface area contributed by atoms with Gasteiger partial charge in [-0.2, -0.15) is 0 Å². The van der Waals surface area contributed by atoms with Crippen molar-refractivity contribution in [3.63, 3.8) is 0 Å². The molecule has 0 spiro atoms. The van der Waals surface area contributed by atoms with Crippen LogP contribution >= 0.6 is 0 Å². The first-order chi connectivity index (χ1) is 10.1. The predicted octanol–water partition coefficient (Wildman–Crippen LogP) is 1.67. The number of aryl methyl sites for hydroxylation is 2. The van der Waals surface area contributed by atoms with E-state index in [4.69, 9.17) is 0 Å². The normalized spacial score (nSPS) is 11.2. The molecule has 114 valence electrons. The molecule has 6 heteroatoms. The van der Waals surface area contributed by atoms with E-state index < -0.39 is 0 Å². The molecule has 0 unspecified atom stereocenters. The van der Waals surface area contributed by atoms with Crippen LogP contribution in [-0.4, -0.2) is 18.7 Å². The van der Waals surface area contributed by atoms with Gasteiger partial charge < -0.3 is 4.57 Å². The summed E-state index contributed by atoms with van der Waals surface area (Å²) >= 11 is 0. The number of hydrogen-bond donors (Lipinski definition) is 0. The summed E-state index contributed by atoms with van der Waals surface area (Å²) in [6.45, 7) is 10.9. The number of hydrogen-bond acceptors (Lipinski definition) is 3. The van der Waals surface area contributed by atoms with Crippen molar-refractivity contribution in [3.8, 4) is 0 Å². The van der Waals surface area contributed by atoms with Gasteiger partial charge in [0.05, 0.1) is 0 Å². The van der Waals surface area contributed by atoms with Crippen molar-refractivity contribution in [2.45, 2.75) is 53.2 Å². The van der Waals surface area contributed by atoms with E-state index in [0.29, 0.717) is 30.8 Å². The summed E-state index contributed by atoms with van der Waals surface area (Å²) in [4.78, 5) is 29.6. The van der Waals surface area contributed by atoms with Crippen LogP contribution in [0.15, 0.2) is 22.2 Å². The van der Waals surface area contributed by atoms with E-state index in [9.17, 15) is 9.59 Å². The molecule has 6 nitrogen and oxygen atoms in total. The third-order valence-corrected chi connectivity index (χ3v) is 3.67. The number of fused-ring (bicyclic) bond motifs is 1. The maximum absolute atomic E-state index is 12.7. The Bertz CT molecular complexity index is 780. The van der Waals surface area contributed by atoms with Gasteiger partial charge in [0, 0.05) is 19.6 Å². The predicted molar refractivity (Wildman–Crippen MR) is 83.8 cm³/mol. The lowest BCUT2D eigenvalue weighted by molar-refractivity contribution is 0.550. The molecule has 0 atom stereocenters. The minimum Gasteiger partial charge on any atom is -0.318 e. The van der Waals surface area contributed by atoms with Gasteiger partial charge in [0.2, 0.25) is 0 Å². The maximum atomic E-state index is 12.7. The molecule has 21 heavy (non-hydrogen) atoms. The Labute approximate surface area is 123 Å². The highest BCUT2D eigenvalue weighted by atomic mass is 16.2. The largest absolute Gasteiger partial charge is 0.332 e. The van der Waals surface area contributed by atoms with Gasteiger partial charge in [0.15, 0.2) is 11.2 Å². The Morgan fingerprint density at radius 3 is 2.48 bits per heavy atom. The van der Waals surface area contributed by atoms with Gasteiger partial charge in [-0.15, -0.1) is 6.58 Å². The third kappa shape index (κ3) is 2.46. The summed E-state index contributed by atoms with van der Waals surface area (Å²) in [6.07, 6.45) is 3.46. The van der Waals surface area contributed by atoms with Crippen molar-refractivity contribution >= 4 is 11.2 Å². The molecule has 0 radical (unpaired) electrons. The molecule has 0 saturated heterocycles. The number of rotatable bonds is 6. The first-order valence-corrected chi connectivity index (χ1v) is 7.38. The van der Waals surface area contributed by atoms with Crippen LogP contribution < -0.4 is 11.2 Å². The van der Waals surface area contributed by atoms with E-state index in [1.54, 1.807) is 10.6 Å². The fourth-order valence-electron chi connectivity index (χ4n) is 2.55. The van der Waals surface area contributed by atoms with Gasteiger partial charge in [-0.1, -0.05) is 19.4 Å². The molecule has 0 aliphatic heterocycles. The highest BCUT2D eigenvalue weighted by molar-refractivity contribution is 5.71. The first kappa shape index (κ1) is 15.3. The number of aromatic nitrogens is 4. The maximum Gasteiger partial charge on any atom is 0.332 e. The molecule has 0 N–H and O–H groups in total. The topological polar surface area (TPSA) is 61.8 Å². The fourth-order valence-corrected chi connectivity index (χ4v) is 2.55. The van der Waals surface area contributed by atoms with Gasteiger partial charge in [-0.3, -0.25) is 13.9 Å². The molecule has 2 rings (SSSR count). The van der Waals surface area contributed by atoms with E-state index in [1.807, 2.05) is 25.3 Å². The molecular formula is C15H22N4O2. The Morgan fingerprint density at radius 1 is 1.19 bits per heavy atom. The zero-order valence-electron chi connectivity index (χ0n) is 12.9. The molecule has 0 aliphatic rings. The van der Waals surface area contributed by atoms with Gasteiger partial charge in [-0.05, 0) is 20.3 Å². The molecule has 0 fully saturated rings. The average molecular weight is 290 g/mol. The monoisotopic (exact) mass is 290 g/mol. The molecular weight excluding hydrogens is 268 g/mol. The summed E-state index contributed by atoms with van der Waals surface area (Å²) in [5.74, 6) is 0.719. The summed E-state index contributed by atoms with van der Waals surface area (Å²) in [6, 6.07) is 0. The Balaban J connectivity index is 2.87. The smallest absolute Gasteiger partial charge is 0.318 e. The van der Waals surface area contributed by atoms with E-state index in [1.165, 1.54) is 4.57 Å². The molecule has 2 aromatic rings. The van der Waals surface area contributed by atoms with Crippen LogP contribution in [0.5, 0.6) is 0 Å². The zero-order valence-corrected chi connectivity index (χ0v) is 12.9. The van der Waals surface area contributed by atoms with Crippen LogP contribution in [0.4, 0.5) is 0 Å². The highest BCUT2D eigenvalue weighted by Crippen LogP contribution is 2.11. The summed E-state index contributed by atoms with van der Waals surface area (Å²) in [7, 11) is 0. The lowest BCUT2D eigenvalue weighted by atomic mass is 10.3. The van der Waals surface area contributed by atoms with Crippen LogP contribution in [0, 0.1) is 6.92 Å². The summed E-state index contributed by atoms with van der Waals surface area (Å²) in [5, 5.41) is 0. The first-order valence-electron chi connectivity index (χ1n) is 7.38. The Morgan fingerprint density at radius 2 is 1.90 bits per heavy atom. The zero-order chi connectivity index (χ0) is 15.6. The van der Waals surface area contributed by atoms with Crippen molar-refractivity contribution in [2.24, 2.45) is 0 Å². The molecule has 2 heterocycles. The molecule has 0 amide bonds. The van der Waals surface area contributed by atoms with E-state index >= 15 is 0 Å². The lowest BCUT2D eigenvalue weighted by Crippen LogP contribution is -2.40. The number of imidazole rings is 1. The summed E-state index contributed by atoms with van der Waals surface area (Å²) < 4.78 is 4.72. The minimum atomic E-state index is -0.272. The summed E-state index contributed by atoms with van der Waals surface area (Å²) in [5.41, 5.74) is 0.437. The van der Waals surface area contributed by atoms with Crippen molar-refractivity contribution < 1.29 is 0 Å². The second-order valence-corrected chi connectivity index (χ2v) is 5.07. The van der Waals surface area contributed by atoms with Crippen molar-refractivity contribution in [1.82, 2.24) is 18.7 Å². The van der Waals surface area contributed by atoms with Gasteiger partial charge in [0.1, 0.15) is 5.82 Å². The average Bonchev–Trinajstić information content (AvgIpc) is 2.77. The van der Waals surface area contributed by atoms with Gasteiger partial charge >= 0.3 is 5.69 Å². The second kappa shape index (κ2) is 6.11. The highest BCUT2D eigenvalue weighted by Gasteiger charge is 2.18. The van der Waals surface area contributed by atoms with Crippen LogP contribution in [0.2, 0.25) is 0 Å². The molecule has 0 aliphatic carbocycles. The van der Waals surface area contributed by atoms with E-state index in [-0.39, 0.29) is 11.2 Å².